The van der Waals surface area contributed by atoms with E-state index in [1.807, 2.05) is 0 Å². The van der Waals surface area contributed by atoms with E-state index in [1.54, 1.807) is 13.8 Å². The number of imide groups is 1. The molecule has 3 rings (SSSR count). The lowest BCUT2D eigenvalue weighted by molar-refractivity contribution is -0.149. The fourth-order valence-corrected chi connectivity index (χ4v) is 8.77. The Bertz CT molecular complexity index is 2520. The SMILES string of the molecule is CC(=O)O.CC(C)(CNC(=O)CN(CCN1CC(=O)N(c2ccc(S(N)(=O)=O)cc2)C(=O)C1)CC(=O)Nc1ccc(S(N)(=O)=O)cc1)OCOCC(=O)N[C@@H](CC(=O)O)C(=O)NCC(=O)NCCSSCCOC=O. The zero-order valence-electron chi connectivity index (χ0n) is 40.8. The van der Waals surface area contributed by atoms with Gasteiger partial charge in [0.25, 0.3) is 12.4 Å². The van der Waals surface area contributed by atoms with E-state index < -0.39 is 111 Å². The molecular weight excluding hydrogens is 1080 g/mol. The highest BCUT2D eigenvalue weighted by molar-refractivity contribution is 8.76. The Morgan fingerprint density at radius 1 is 0.813 bits per heavy atom. The molecule has 29 nitrogen and oxygen atoms in total. The minimum atomic E-state index is -4.02. The number of amides is 7. The number of anilines is 2. The number of primary sulfonamides is 2. The van der Waals surface area contributed by atoms with E-state index >= 15 is 0 Å². The maximum absolute atomic E-state index is 13.3. The van der Waals surface area contributed by atoms with E-state index in [0.717, 1.165) is 24.0 Å². The Hall–Kier alpha value is -6.30. The minimum Gasteiger partial charge on any atom is -0.481 e. The summed E-state index contributed by atoms with van der Waals surface area (Å²) in [5.41, 5.74) is -0.770. The fraction of sp³-hybridized carbons (Fsp3) is 0.476. The molecule has 0 aromatic heterocycles. The van der Waals surface area contributed by atoms with Gasteiger partial charge in [-0.15, -0.1) is 0 Å². The van der Waals surface area contributed by atoms with Gasteiger partial charge < -0.3 is 51.0 Å². The van der Waals surface area contributed by atoms with Crippen molar-refractivity contribution < 1.29 is 89.2 Å². The van der Waals surface area contributed by atoms with Crippen molar-refractivity contribution in [3.05, 3.63) is 48.5 Å². The summed E-state index contributed by atoms with van der Waals surface area (Å²) in [6, 6.07) is 8.32. The molecule has 1 saturated heterocycles. The summed E-state index contributed by atoms with van der Waals surface area (Å²) < 4.78 is 62.1. The highest BCUT2D eigenvalue weighted by Crippen LogP contribution is 2.21. The molecule has 0 bridgehead atoms. The number of nitrogens with one attached hydrogen (secondary N) is 5. The van der Waals surface area contributed by atoms with E-state index in [4.69, 9.17) is 29.7 Å². The molecule has 0 unspecified atom stereocenters. The second-order valence-electron chi connectivity index (χ2n) is 16.3. The van der Waals surface area contributed by atoms with Crippen LogP contribution in [0.2, 0.25) is 0 Å². The van der Waals surface area contributed by atoms with Crippen LogP contribution in [-0.2, 0) is 82.2 Å². The van der Waals surface area contributed by atoms with Gasteiger partial charge in [-0.3, -0.25) is 57.7 Å². The van der Waals surface area contributed by atoms with Crippen LogP contribution < -0.4 is 41.8 Å². The smallest absolute Gasteiger partial charge is 0.305 e. The number of hydrogen-bond donors (Lipinski definition) is 9. The van der Waals surface area contributed by atoms with Gasteiger partial charge in [0.1, 0.15) is 26.0 Å². The third-order valence-corrected chi connectivity index (χ3v) is 13.7. The molecule has 416 valence electrons. The van der Waals surface area contributed by atoms with Crippen LogP contribution in [0, 0.1) is 0 Å². The molecule has 0 spiro atoms. The van der Waals surface area contributed by atoms with E-state index in [2.05, 4.69) is 31.3 Å². The van der Waals surface area contributed by atoms with Gasteiger partial charge in [-0.1, -0.05) is 21.6 Å². The summed E-state index contributed by atoms with van der Waals surface area (Å²) in [5, 5.41) is 39.4. The molecule has 75 heavy (non-hydrogen) atoms. The van der Waals surface area contributed by atoms with Gasteiger partial charge in [0, 0.05) is 50.3 Å². The number of aliphatic carboxylic acids is 2. The molecule has 0 saturated carbocycles. The van der Waals surface area contributed by atoms with Gasteiger partial charge in [-0.25, -0.2) is 32.0 Å². The van der Waals surface area contributed by atoms with Gasteiger partial charge in [-0.05, 0) is 62.4 Å². The summed E-state index contributed by atoms with van der Waals surface area (Å²) in [7, 11) is -5.17. The van der Waals surface area contributed by atoms with Crippen LogP contribution in [0.15, 0.2) is 58.3 Å². The normalized spacial score (nSPS) is 13.4. The van der Waals surface area contributed by atoms with Crippen LogP contribution >= 0.6 is 21.6 Å². The summed E-state index contributed by atoms with van der Waals surface area (Å²) in [6.07, 6.45) is -0.802. The van der Waals surface area contributed by atoms with Crippen molar-refractivity contribution in [2.45, 2.75) is 48.6 Å². The lowest BCUT2D eigenvalue weighted by atomic mass is 10.1. The predicted octanol–water partition coefficient (Wildman–Crippen LogP) is -3.18. The van der Waals surface area contributed by atoms with Gasteiger partial charge in [-0.2, -0.15) is 0 Å². The first-order valence-corrected chi connectivity index (χ1v) is 27.6. The van der Waals surface area contributed by atoms with Crippen molar-refractivity contribution in [1.29, 1.82) is 0 Å². The minimum absolute atomic E-state index is 0.0170. The van der Waals surface area contributed by atoms with Crippen LogP contribution in [0.5, 0.6) is 0 Å². The standard InChI is InChI=1S/C40H56N10O17S4.C2H4O2/c1-40(2,67-26-66-23-35(55)47-31(17-38(58)59)39(60)44-18-32(52)43-11-15-68-69-16-14-65-25-51)24-45-33(53)19-48(20-34(54)46-27-3-7-29(8-4-27)70(41,61)62)12-13-49-21-36(56)50(37(57)22-49)28-5-9-30(10-6-28)71(42,63)64;1-2(3)4/h3-10,25,31H,11-24,26H2,1-2H3,(H,43,52)(H,44,60)(H,45,53)(H,46,54)(H,47,55)(H,58,59)(H2,41,61,62)(H2,42,63,64);1H3,(H,3,4)/t31-;/m0./s1. The largest absolute Gasteiger partial charge is 0.481 e. The second-order valence-corrected chi connectivity index (χ2v) is 22.1. The summed E-state index contributed by atoms with van der Waals surface area (Å²) in [6.45, 7) is 2.09. The second kappa shape index (κ2) is 32.2. The molecule has 33 heteroatoms. The Balaban J connectivity index is 0.00000463. The first-order chi connectivity index (χ1) is 35.1. The number of rotatable bonds is 32. The molecule has 0 radical (unpaired) electrons. The topological polar surface area (TPSA) is 429 Å². The Morgan fingerprint density at radius 3 is 1.93 bits per heavy atom. The van der Waals surface area contributed by atoms with Gasteiger partial charge in [0.2, 0.25) is 61.4 Å². The Labute approximate surface area is 439 Å². The molecule has 1 heterocycles. The van der Waals surface area contributed by atoms with Gasteiger partial charge in [0.15, 0.2) is 0 Å². The molecule has 1 atom stereocenters. The summed E-state index contributed by atoms with van der Waals surface area (Å²) >= 11 is 0. The number of nitrogens with two attached hydrogens (primary N) is 2. The molecule has 2 aromatic carbocycles. The molecule has 1 fully saturated rings. The fourth-order valence-electron chi connectivity index (χ4n) is 5.99. The number of piperazine rings is 1. The van der Waals surface area contributed by atoms with Gasteiger partial charge in [0.05, 0.1) is 60.2 Å². The molecule has 1 aliphatic heterocycles. The number of nitrogens with zero attached hydrogens (tertiary/aromatic N) is 3. The van der Waals surface area contributed by atoms with E-state index in [-0.39, 0.29) is 80.1 Å². The van der Waals surface area contributed by atoms with Crippen molar-refractivity contribution in [1.82, 2.24) is 31.1 Å². The molecule has 11 N–H and O–H groups in total. The first-order valence-electron chi connectivity index (χ1n) is 22.0. The highest BCUT2D eigenvalue weighted by atomic mass is 33.1. The van der Waals surface area contributed by atoms with Crippen LogP contribution in [0.25, 0.3) is 0 Å². The monoisotopic (exact) mass is 1140 g/mol. The number of carboxylic acids is 2. The zero-order chi connectivity index (χ0) is 56.4. The van der Waals surface area contributed by atoms with Crippen molar-refractivity contribution >= 4 is 113 Å². The number of carbonyl (C=O) groups is 10. The average molecular weight is 1140 g/mol. The van der Waals surface area contributed by atoms with E-state index in [1.165, 1.54) is 67.8 Å². The average Bonchev–Trinajstić information content (AvgIpc) is 3.30. The third kappa shape index (κ3) is 27.2. The lowest BCUT2D eigenvalue weighted by Gasteiger charge is -2.34. The summed E-state index contributed by atoms with van der Waals surface area (Å²) in [4.78, 5) is 124. The molecular formula is C42H60N10O19S4. The number of carbonyl (C=O) groups excluding carboxylic acids is 8. The number of carboxylic acid groups (broad SMARTS) is 2. The molecule has 2 aromatic rings. The zero-order valence-corrected chi connectivity index (χ0v) is 44.1. The number of hydrogen-bond acceptors (Lipinski definition) is 21. The first kappa shape index (κ1) is 64.8. The van der Waals surface area contributed by atoms with Crippen LogP contribution in [0.4, 0.5) is 11.4 Å². The quantitative estimate of drug-likeness (QED) is 0.0115. The van der Waals surface area contributed by atoms with Crippen LogP contribution in [0.1, 0.15) is 27.2 Å². The third-order valence-electron chi connectivity index (χ3n) is 9.45. The molecule has 1 aliphatic rings. The Morgan fingerprint density at radius 2 is 1.37 bits per heavy atom. The van der Waals surface area contributed by atoms with Crippen molar-refractivity contribution in [2.24, 2.45) is 10.3 Å². The van der Waals surface area contributed by atoms with E-state index in [0.29, 0.717) is 18.0 Å². The highest BCUT2D eigenvalue weighted by Gasteiger charge is 2.33. The van der Waals surface area contributed by atoms with Crippen molar-refractivity contribution in [3.8, 4) is 0 Å². The van der Waals surface area contributed by atoms with Crippen LogP contribution in [0.3, 0.4) is 0 Å². The molecule has 0 aliphatic carbocycles. The maximum Gasteiger partial charge on any atom is 0.305 e. The van der Waals surface area contributed by atoms with E-state index in [9.17, 15) is 65.1 Å². The predicted molar refractivity (Wildman–Crippen MR) is 269 cm³/mol. The number of ether oxygens (including phenoxy) is 3. The van der Waals surface area contributed by atoms with Crippen LogP contribution in [-0.4, -0.2) is 199 Å². The van der Waals surface area contributed by atoms with Gasteiger partial charge >= 0.3 is 5.97 Å². The van der Waals surface area contributed by atoms with Crippen molar-refractivity contribution in [2.75, 3.05) is 101 Å². The van der Waals surface area contributed by atoms with Crippen molar-refractivity contribution in [3.63, 3.8) is 0 Å². The number of sulfonamides is 2. The molecule has 7 amide bonds. The Kier molecular flexibility index (Phi) is 27.8. The summed E-state index contributed by atoms with van der Waals surface area (Å²) in [5.74, 6) is -5.97. The number of benzene rings is 2. The maximum atomic E-state index is 13.3. The lowest BCUT2D eigenvalue weighted by Crippen LogP contribution is -2.56.